The van der Waals surface area contributed by atoms with Gasteiger partial charge in [-0.2, -0.15) is 4.73 Å². The van der Waals surface area contributed by atoms with E-state index < -0.39 is 0 Å². The van der Waals surface area contributed by atoms with Crippen LogP contribution in [0.5, 0.6) is 5.88 Å². The Bertz CT molecular complexity index is 473. The second-order valence-electron chi connectivity index (χ2n) is 2.56. The van der Waals surface area contributed by atoms with E-state index >= 15 is 0 Å². The van der Waals surface area contributed by atoms with E-state index in [2.05, 4.69) is 4.98 Å². The number of hydrogen-bond donors (Lipinski definition) is 1. The molecule has 2 rings (SSSR count). The van der Waals surface area contributed by atoms with Gasteiger partial charge < -0.3 is 10.3 Å². The fourth-order valence-electron chi connectivity index (χ4n) is 1.10. The van der Waals surface area contributed by atoms with Gasteiger partial charge in [0.2, 0.25) is 11.7 Å². The zero-order chi connectivity index (χ0) is 9.42. The first-order valence-electron chi connectivity index (χ1n) is 3.55. The first-order valence-corrected chi connectivity index (χ1v) is 3.93. The molecule has 2 aromatic rings. The molecular weight excluding hydrogens is 215 g/mol. The summed E-state index contributed by atoms with van der Waals surface area (Å²) in [6.45, 7) is 0. The normalized spacial score (nSPS) is 9.79. The van der Waals surface area contributed by atoms with Crippen molar-refractivity contribution in [3.05, 3.63) is 34.6 Å². The monoisotopic (exact) mass is 220 g/mol. The van der Waals surface area contributed by atoms with Gasteiger partial charge in [-0.3, -0.25) is 0 Å². The van der Waals surface area contributed by atoms with E-state index in [0.29, 0.717) is 20.8 Å². The van der Waals surface area contributed by atoms with Crippen LogP contribution in [-0.4, -0.2) is 39.6 Å². The summed E-state index contributed by atoms with van der Waals surface area (Å²) in [5.74, 6) is -0.315. The van der Waals surface area contributed by atoms with E-state index in [-0.39, 0.29) is 35.4 Å². The smallest absolute Gasteiger partial charge is 0.279 e. The molecule has 0 atom stereocenters. The molecule has 68 valence electrons. The Balaban J connectivity index is 0.000000980. The Morgan fingerprint density at radius 1 is 1.43 bits per heavy atom. The Morgan fingerprint density at radius 2 is 2.14 bits per heavy atom. The van der Waals surface area contributed by atoms with Crippen molar-refractivity contribution < 1.29 is 9.84 Å². The summed E-state index contributed by atoms with van der Waals surface area (Å²) in [5, 5.41) is 20.7. The van der Waals surface area contributed by atoms with Gasteiger partial charge in [0.15, 0.2) is 0 Å². The molecule has 1 heterocycles. The van der Waals surface area contributed by atoms with Gasteiger partial charge in [-0.05, 0) is 12.1 Å². The van der Waals surface area contributed by atoms with E-state index in [0.717, 1.165) is 6.20 Å². The van der Waals surface area contributed by atoms with Crippen molar-refractivity contribution in [3.63, 3.8) is 0 Å². The molecule has 0 spiro atoms. The summed E-state index contributed by atoms with van der Waals surface area (Å²) in [6, 6.07) is 4.67. The summed E-state index contributed by atoms with van der Waals surface area (Å²) < 4.78 is 0.550. The topological polar surface area (TPSA) is 60.1 Å². The van der Waals surface area contributed by atoms with Crippen molar-refractivity contribution in [1.82, 2.24) is 4.98 Å². The van der Waals surface area contributed by atoms with Crippen LogP contribution in [0.2, 0.25) is 5.02 Å². The third-order valence-electron chi connectivity index (χ3n) is 1.64. The molecule has 0 saturated heterocycles. The van der Waals surface area contributed by atoms with E-state index in [1.807, 2.05) is 0 Å². The quantitative estimate of drug-likeness (QED) is 0.401. The maximum absolute atomic E-state index is 11.2. The largest absolute Gasteiger partial charge is 0.618 e. The summed E-state index contributed by atoms with van der Waals surface area (Å²) in [7, 11) is 0. The second-order valence-corrected chi connectivity index (χ2v) is 2.99. The van der Waals surface area contributed by atoms with Crippen molar-refractivity contribution in [3.8, 4) is 5.88 Å². The van der Waals surface area contributed by atoms with Crippen LogP contribution in [0.25, 0.3) is 11.0 Å². The zero-order valence-corrected chi connectivity index (χ0v) is 7.19. The minimum Gasteiger partial charge on any atom is -0.618 e. The van der Waals surface area contributed by atoms with Gasteiger partial charge >= 0.3 is 29.6 Å². The fourth-order valence-corrected chi connectivity index (χ4v) is 1.27. The molecule has 0 bridgehead atoms. The van der Waals surface area contributed by atoms with Crippen LogP contribution < -0.4 is 4.73 Å². The van der Waals surface area contributed by atoms with Crippen LogP contribution in [-0.2, 0) is 0 Å². The first kappa shape index (κ1) is 11.5. The maximum atomic E-state index is 11.2. The number of rotatable bonds is 0. The molecule has 0 amide bonds. The fraction of sp³-hybridized carbons (Fsp3) is 0. The molecule has 4 nitrogen and oxygen atoms in total. The third kappa shape index (κ3) is 2.09. The molecule has 0 fully saturated rings. The summed E-state index contributed by atoms with van der Waals surface area (Å²) >= 11 is 5.69. The molecular formula is C8H6ClN2NaO2. The number of nitrogens with zero attached hydrogens (tertiary/aromatic N) is 2. The van der Waals surface area contributed by atoms with Gasteiger partial charge in [0.1, 0.15) is 5.52 Å². The van der Waals surface area contributed by atoms with E-state index in [1.165, 1.54) is 6.07 Å². The van der Waals surface area contributed by atoms with Gasteiger partial charge in [-0.1, -0.05) is 11.6 Å². The molecule has 14 heavy (non-hydrogen) atoms. The summed E-state index contributed by atoms with van der Waals surface area (Å²) in [5.41, 5.74) is 0.754. The Morgan fingerprint density at radius 3 is 2.86 bits per heavy atom. The van der Waals surface area contributed by atoms with Gasteiger partial charge in [0.05, 0.1) is 0 Å². The number of aromatic nitrogens is 2. The van der Waals surface area contributed by atoms with Crippen LogP contribution >= 0.6 is 11.6 Å². The van der Waals surface area contributed by atoms with Crippen molar-refractivity contribution in [2.45, 2.75) is 0 Å². The summed E-state index contributed by atoms with van der Waals surface area (Å²) in [6.07, 6.45) is 0.996. The third-order valence-corrected chi connectivity index (χ3v) is 1.88. The molecule has 0 saturated carbocycles. The van der Waals surface area contributed by atoms with Crippen LogP contribution in [0, 0.1) is 5.21 Å². The standard InChI is InChI=1S/C8H5ClN2O2.Na.H/c9-5-1-2-7-6(3-5)10-8(12)4-11(7)13;;/h1-4H,(H,10,12);;. The maximum Gasteiger partial charge on any atom is 0.279 e. The number of hydrogen-bond acceptors (Lipinski definition) is 3. The molecule has 1 N–H and O–H groups in total. The van der Waals surface area contributed by atoms with Crippen LogP contribution in [0.15, 0.2) is 24.4 Å². The molecule has 0 aliphatic heterocycles. The Kier molecular flexibility index (Phi) is 3.55. The molecule has 0 aliphatic carbocycles. The van der Waals surface area contributed by atoms with Gasteiger partial charge in [-0.15, -0.1) is 0 Å². The van der Waals surface area contributed by atoms with Crippen LogP contribution in [0.4, 0.5) is 0 Å². The number of fused-ring (bicyclic) bond motifs is 1. The van der Waals surface area contributed by atoms with Crippen molar-refractivity contribution in [1.29, 1.82) is 0 Å². The average molecular weight is 221 g/mol. The van der Waals surface area contributed by atoms with E-state index in [1.54, 1.807) is 12.1 Å². The molecule has 1 aromatic carbocycles. The predicted molar refractivity (Wildman–Crippen MR) is 54.5 cm³/mol. The molecule has 0 unspecified atom stereocenters. The van der Waals surface area contributed by atoms with Gasteiger partial charge in [0, 0.05) is 11.1 Å². The molecule has 1 aromatic heterocycles. The zero-order valence-electron chi connectivity index (χ0n) is 6.44. The molecule has 0 radical (unpaired) electrons. The van der Waals surface area contributed by atoms with Gasteiger partial charge in [-0.25, -0.2) is 4.98 Å². The SMILES string of the molecule is [NaH].[O-][n+]1cc(O)nc2cc(Cl)ccc21. The van der Waals surface area contributed by atoms with Crippen molar-refractivity contribution >= 4 is 52.2 Å². The molecule has 0 aliphatic rings. The Hall–Kier alpha value is -0.550. The minimum absolute atomic E-state index is 0. The van der Waals surface area contributed by atoms with Crippen LogP contribution in [0.1, 0.15) is 0 Å². The predicted octanol–water partition coefficient (Wildman–Crippen LogP) is 0.579. The van der Waals surface area contributed by atoms with E-state index in [9.17, 15) is 5.21 Å². The minimum atomic E-state index is -0.315. The average Bonchev–Trinajstić information content (AvgIpc) is 2.02. The molecule has 6 heteroatoms. The van der Waals surface area contributed by atoms with Crippen LogP contribution in [0.3, 0.4) is 0 Å². The first-order chi connectivity index (χ1) is 6.16. The number of benzene rings is 1. The van der Waals surface area contributed by atoms with E-state index in [4.69, 9.17) is 16.7 Å². The van der Waals surface area contributed by atoms with Gasteiger partial charge in [0.25, 0.3) is 5.88 Å². The van der Waals surface area contributed by atoms with Crippen molar-refractivity contribution in [2.24, 2.45) is 0 Å². The number of halogens is 1. The Labute approximate surface area is 107 Å². The summed E-state index contributed by atoms with van der Waals surface area (Å²) in [4.78, 5) is 3.75. The second kappa shape index (κ2) is 4.31. The number of aromatic hydroxyl groups is 1. The van der Waals surface area contributed by atoms with Crippen molar-refractivity contribution in [2.75, 3.05) is 0 Å².